The van der Waals surface area contributed by atoms with Gasteiger partial charge in [-0.25, -0.2) is 0 Å². The number of hydrogen-bond acceptors (Lipinski definition) is 2. The Hall–Kier alpha value is -1.15. The first-order chi connectivity index (χ1) is 5.40. The fraction of sp³-hybridized carbons (Fsp3) is 0.222. The molecule has 0 fully saturated rings. The fourth-order valence-electron chi connectivity index (χ4n) is 1.30. The molecule has 2 heteroatoms. The number of nitrogens with zero attached hydrogens (tertiary/aromatic N) is 1. The topological polar surface area (TPSA) is 38.9 Å². The zero-order chi connectivity index (χ0) is 7.68. The number of allylic oxidation sites excluding steroid dienone is 1. The van der Waals surface area contributed by atoms with Crippen LogP contribution in [0.3, 0.4) is 0 Å². The van der Waals surface area contributed by atoms with Crippen molar-refractivity contribution in [1.82, 2.24) is 4.98 Å². The van der Waals surface area contributed by atoms with E-state index < -0.39 is 0 Å². The molecule has 0 amide bonds. The van der Waals surface area contributed by atoms with Crippen LogP contribution < -0.4 is 5.73 Å². The van der Waals surface area contributed by atoms with Crippen LogP contribution in [0.15, 0.2) is 18.3 Å². The van der Waals surface area contributed by atoms with E-state index >= 15 is 0 Å². The minimum atomic E-state index is 0.529. The number of hydrogen-bond donors (Lipinski definition) is 1. The maximum absolute atomic E-state index is 5.46. The highest BCUT2D eigenvalue weighted by Gasteiger charge is 2.04. The quantitative estimate of drug-likeness (QED) is 0.644. The standard InChI is InChI=1S/C9H10N2/c10-5-9-4-7-2-1-3-8(7)6-11-9/h1-2,4,6H,3,5,10H2. The van der Waals surface area contributed by atoms with Crippen molar-refractivity contribution in [3.63, 3.8) is 0 Å². The van der Waals surface area contributed by atoms with Crippen LogP contribution in [-0.4, -0.2) is 4.98 Å². The molecule has 1 heterocycles. The van der Waals surface area contributed by atoms with Crippen LogP contribution in [0.1, 0.15) is 16.8 Å². The Kier molecular flexibility index (Phi) is 1.47. The highest BCUT2D eigenvalue weighted by atomic mass is 14.7. The summed E-state index contributed by atoms with van der Waals surface area (Å²) in [5.74, 6) is 0. The minimum Gasteiger partial charge on any atom is -0.325 e. The highest BCUT2D eigenvalue weighted by Crippen LogP contribution is 2.18. The molecule has 0 radical (unpaired) electrons. The van der Waals surface area contributed by atoms with Gasteiger partial charge in [-0.15, -0.1) is 0 Å². The van der Waals surface area contributed by atoms with Gasteiger partial charge in [0.1, 0.15) is 0 Å². The second-order valence-corrected chi connectivity index (χ2v) is 2.69. The molecule has 56 valence electrons. The van der Waals surface area contributed by atoms with Gasteiger partial charge in [0.15, 0.2) is 0 Å². The average molecular weight is 146 g/mol. The Bertz CT molecular complexity index is 302. The second-order valence-electron chi connectivity index (χ2n) is 2.69. The molecule has 1 aromatic heterocycles. The van der Waals surface area contributed by atoms with Crippen LogP contribution in [-0.2, 0) is 13.0 Å². The Morgan fingerprint density at radius 3 is 3.27 bits per heavy atom. The highest BCUT2D eigenvalue weighted by molar-refractivity contribution is 5.59. The monoisotopic (exact) mass is 146 g/mol. The van der Waals surface area contributed by atoms with E-state index in [4.69, 9.17) is 5.73 Å². The third-order valence-electron chi connectivity index (χ3n) is 1.92. The summed E-state index contributed by atoms with van der Waals surface area (Å²) in [6.07, 6.45) is 7.20. The van der Waals surface area contributed by atoms with E-state index in [2.05, 4.69) is 23.2 Å². The molecule has 0 bridgehead atoms. The molecule has 1 aromatic rings. The van der Waals surface area contributed by atoms with Gasteiger partial charge in [0.2, 0.25) is 0 Å². The number of nitrogens with two attached hydrogens (primary N) is 1. The first kappa shape index (κ1) is 6.55. The van der Waals surface area contributed by atoms with E-state index in [9.17, 15) is 0 Å². The maximum atomic E-state index is 5.46. The largest absolute Gasteiger partial charge is 0.325 e. The molecule has 2 N–H and O–H groups in total. The zero-order valence-electron chi connectivity index (χ0n) is 6.25. The van der Waals surface area contributed by atoms with E-state index in [1.165, 1.54) is 11.1 Å². The Balaban J connectivity index is 2.47. The van der Waals surface area contributed by atoms with Crippen molar-refractivity contribution in [1.29, 1.82) is 0 Å². The van der Waals surface area contributed by atoms with Crippen LogP contribution in [0.5, 0.6) is 0 Å². The molecule has 2 nitrogen and oxygen atoms in total. The van der Waals surface area contributed by atoms with Gasteiger partial charge in [0, 0.05) is 12.7 Å². The molecule has 0 saturated heterocycles. The lowest BCUT2D eigenvalue weighted by Gasteiger charge is -1.99. The van der Waals surface area contributed by atoms with Crippen molar-refractivity contribution in [3.8, 4) is 0 Å². The normalized spacial score (nSPS) is 13.5. The zero-order valence-corrected chi connectivity index (χ0v) is 6.25. The first-order valence-electron chi connectivity index (χ1n) is 3.74. The van der Waals surface area contributed by atoms with Gasteiger partial charge in [-0.05, 0) is 23.6 Å². The molecular formula is C9H10N2. The number of fused-ring (bicyclic) bond motifs is 1. The lowest BCUT2D eigenvalue weighted by molar-refractivity contribution is 0.980. The lowest BCUT2D eigenvalue weighted by Crippen LogP contribution is -2.00. The molecule has 0 aromatic carbocycles. The van der Waals surface area contributed by atoms with Crippen LogP contribution >= 0.6 is 0 Å². The summed E-state index contributed by atoms with van der Waals surface area (Å²) < 4.78 is 0. The second kappa shape index (κ2) is 2.47. The minimum absolute atomic E-state index is 0.529. The van der Waals surface area contributed by atoms with E-state index in [1.807, 2.05) is 6.20 Å². The van der Waals surface area contributed by atoms with Crippen molar-refractivity contribution in [3.05, 3.63) is 35.2 Å². The molecule has 0 atom stereocenters. The summed E-state index contributed by atoms with van der Waals surface area (Å²) in [5.41, 5.74) is 9.01. The molecule has 0 unspecified atom stereocenters. The summed E-state index contributed by atoms with van der Waals surface area (Å²) in [7, 11) is 0. The van der Waals surface area contributed by atoms with Crippen LogP contribution in [0.2, 0.25) is 0 Å². The summed E-state index contributed by atoms with van der Waals surface area (Å²) >= 11 is 0. The van der Waals surface area contributed by atoms with Crippen molar-refractivity contribution < 1.29 is 0 Å². The molecule has 0 saturated carbocycles. The van der Waals surface area contributed by atoms with E-state index in [1.54, 1.807) is 0 Å². The van der Waals surface area contributed by atoms with Crippen LogP contribution in [0.4, 0.5) is 0 Å². The van der Waals surface area contributed by atoms with Gasteiger partial charge < -0.3 is 5.73 Å². The van der Waals surface area contributed by atoms with Gasteiger partial charge >= 0.3 is 0 Å². The third kappa shape index (κ3) is 1.05. The molecule has 2 rings (SSSR count). The summed E-state index contributed by atoms with van der Waals surface area (Å²) in [4.78, 5) is 4.20. The van der Waals surface area contributed by atoms with Crippen molar-refractivity contribution >= 4 is 6.08 Å². The smallest absolute Gasteiger partial charge is 0.0545 e. The predicted molar refractivity (Wildman–Crippen MR) is 44.9 cm³/mol. The van der Waals surface area contributed by atoms with E-state index in [-0.39, 0.29) is 0 Å². The van der Waals surface area contributed by atoms with E-state index in [0.29, 0.717) is 6.54 Å². The van der Waals surface area contributed by atoms with Crippen molar-refractivity contribution in [2.24, 2.45) is 5.73 Å². The van der Waals surface area contributed by atoms with Gasteiger partial charge in [0.25, 0.3) is 0 Å². The SMILES string of the molecule is NCc1cc2c(cn1)CC=C2. The van der Waals surface area contributed by atoms with Crippen molar-refractivity contribution in [2.45, 2.75) is 13.0 Å². The van der Waals surface area contributed by atoms with Crippen molar-refractivity contribution in [2.75, 3.05) is 0 Å². The Morgan fingerprint density at radius 1 is 1.55 bits per heavy atom. The van der Waals surface area contributed by atoms with Gasteiger partial charge in [-0.2, -0.15) is 0 Å². The van der Waals surface area contributed by atoms with Crippen LogP contribution in [0.25, 0.3) is 6.08 Å². The summed E-state index contributed by atoms with van der Waals surface area (Å²) in [6, 6.07) is 2.05. The maximum Gasteiger partial charge on any atom is 0.0545 e. The summed E-state index contributed by atoms with van der Waals surface area (Å²) in [5, 5.41) is 0. The number of pyridine rings is 1. The third-order valence-corrected chi connectivity index (χ3v) is 1.92. The number of aromatic nitrogens is 1. The van der Waals surface area contributed by atoms with Gasteiger partial charge in [-0.1, -0.05) is 12.2 Å². The van der Waals surface area contributed by atoms with Gasteiger partial charge in [-0.3, -0.25) is 4.98 Å². The average Bonchev–Trinajstić information content (AvgIpc) is 2.50. The van der Waals surface area contributed by atoms with Gasteiger partial charge in [0.05, 0.1) is 5.69 Å². The lowest BCUT2D eigenvalue weighted by atomic mass is 10.1. The van der Waals surface area contributed by atoms with Crippen LogP contribution in [0, 0.1) is 0 Å². The molecule has 0 aliphatic heterocycles. The molecule has 1 aliphatic carbocycles. The fourth-order valence-corrected chi connectivity index (χ4v) is 1.30. The predicted octanol–water partition coefficient (Wildman–Crippen LogP) is 1.11. The summed E-state index contributed by atoms with van der Waals surface area (Å²) in [6.45, 7) is 0.529. The number of rotatable bonds is 1. The molecule has 1 aliphatic rings. The molecule has 11 heavy (non-hydrogen) atoms. The molecule has 0 spiro atoms. The first-order valence-corrected chi connectivity index (χ1v) is 3.74. The Morgan fingerprint density at radius 2 is 2.45 bits per heavy atom. The van der Waals surface area contributed by atoms with E-state index in [0.717, 1.165) is 12.1 Å². The Labute approximate surface area is 65.8 Å². The molecular weight excluding hydrogens is 136 g/mol.